The Bertz CT molecular complexity index is 276. The minimum Gasteiger partial charge on any atom is -0.386 e. The van der Waals surface area contributed by atoms with Crippen LogP contribution >= 0.6 is 0 Å². The average Bonchev–Trinajstić information content (AvgIpc) is 2.40. The molecule has 0 spiro atoms. The van der Waals surface area contributed by atoms with E-state index in [1.807, 2.05) is 6.92 Å². The lowest BCUT2D eigenvalue weighted by Gasteiger charge is -1.98. The Labute approximate surface area is 84.1 Å². The van der Waals surface area contributed by atoms with Crippen LogP contribution < -0.4 is 0 Å². The fourth-order valence-electron chi connectivity index (χ4n) is 1.56. The molecule has 3 heteroatoms. The lowest BCUT2D eigenvalue weighted by Crippen LogP contribution is -2.02. The number of carbonyl (C=O) groups is 2. The molecule has 0 aromatic heterocycles. The van der Waals surface area contributed by atoms with E-state index in [4.69, 9.17) is 0 Å². The van der Waals surface area contributed by atoms with E-state index in [2.05, 4.69) is 11.7 Å². The van der Waals surface area contributed by atoms with E-state index in [1.54, 1.807) is 0 Å². The molecule has 0 amide bonds. The number of esters is 2. The Morgan fingerprint density at radius 1 is 0.929 bits per heavy atom. The van der Waals surface area contributed by atoms with Crippen LogP contribution in [0.5, 0.6) is 0 Å². The maximum Gasteiger partial charge on any atom is 0.342 e. The second kappa shape index (κ2) is 4.94. The first-order valence-corrected chi connectivity index (χ1v) is 5.19. The van der Waals surface area contributed by atoms with Crippen LogP contribution in [0.3, 0.4) is 0 Å². The molecule has 0 atom stereocenters. The van der Waals surface area contributed by atoms with E-state index >= 15 is 0 Å². The highest BCUT2D eigenvalue weighted by Crippen LogP contribution is 2.25. The van der Waals surface area contributed by atoms with Crippen molar-refractivity contribution >= 4 is 11.9 Å². The van der Waals surface area contributed by atoms with Crippen LogP contribution in [0, 0.1) is 0 Å². The smallest absolute Gasteiger partial charge is 0.342 e. The van der Waals surface area contributed by atoms with Crippen LogP contribution in [0.2, 0.25) is 0 Å². The summed E-state index contributed by atoms with van der Waals surface area (Å²) in [5, 5.41) is 0. The van der Waals surface area contributed by atoms with Gasteiger partial charge in [0.15, 0.2) is 0 Å². The predicted molar refractivity (Wildman–Crippen MR) is 52.6 cm³/mol. The predicted octanol–water partition coefficient (Wildman–Crippen LogP) is 2.36. The van der Waals surface area contributed by atoms with E-state index in [-0.39, 0.29) is 0 Å². The van der Waals surface area contributed by atoms with Gasteiger partial charge in [-0.25, -0.2) is 9.59 Å². The first-order chi connectivity index (χ1) is 6.70. The van der Waals surface area contributed by atoms with Crippen molar-refractivity contribution in [3.63, 3.8) is 0 Å². The summed E-state index contributed by atoms with van der Waals surface area (Å²) >= 11 is 0. The summed E-state index contributed by atoms with van der Waals surface area (Å²) in [7, 11) is 0. The molecule has 0 aliphatic carbocycles. The Balaban J connectivity index is 2.79. The van der Waals surface area contributed by atoms with Crippen LogP contribution in [0.25, 0.3) is 0 Å². The number of cyclic esters (lactones) is 2. The van der Waals surface area contributed by atoms with E-state index in [9.17, 15) is 9.59 Å². The van der Waals surface area contributed by atoms with Gasteiger partial charge in [0.1, 0.15) is 0 Å². The highest BCUT2D eigenvalue weighted by molar-refractivity contribution is 6.12. The van der Waals surface area contributed by atoms with E-state index in [0.29, 0.717) is 24.0 Å². The van der Waals surface area contributed by atoms with Crippen LogP contribution in [-0.4, -0.2) is 11.9 Å². The van der Waals surface area contributed by atoms with Crippen LogP contribution in [0.15, 0.2) is 11.1 Å². The fourth-order valence-corrected chi connectivity index (χ4v) is 1.56. The van der Waals surface area contributed by atoms with Gasteiger partial charge in [-0.05, 0) is 19.3 Å². The summed E-state index contributed by atoms with van der Waals surface area (Å²) in [6.45, 7) is 4.04. The van der Waals surface area contributed by atoms with Crippen molar-refractivity contribution in [2.45, 2.75) is 46.0 Å². The van der Waals surface area contributed by atoms with Gasteiger partial charge in [0, 0.05) is 11.1 Å². The third-order valence-electron chi connectivity index (χ3n) is 2.32. The minimum atomic E-state index is -0.428. The third-order valence-corrected chi connectivity index (χ3v) is 2.32. The standard InChI is InChI=1S/C11H16O3/c1-3-5-7-9-8(6-4-2)10(12)14-11(9)13/h3-7H2,1-2H3. The molecule has 0 bridgehead atoms. The molecule has 14 heavy (non-hydrogen) atoms. The quantitative estimate of drug-likeness (QED) is 0.500. The van der Waals surface area contributed by atoms with E-state index in [1.165, 1.54) is 0 Å². The largest absolute Gasteiger partial charge is 0.386 e. The number of rotatable bonds is 5. The third kappa shape index (κ3) is 2.22. The van der Waals surface area contributed by atoms with Crippen LogP contribution in [0.4, 0.5) is 0 Å². The summed E-state index contributed by atoms with van der Waals surface area (Å²) in [5.41, 5.74) is 1.21. The van der Waals surface area contributed by atoms with E-state index in [0.717, 1.165) is 19.3 Å². The van der Waals surface area contributed by atoms with Gasteiger partial charge in [0.25, 0.3) is 0 Å². The molecule has 0 aromatic rings. The number of hydrogen-bond acceptors (Lipinski definition) is 3. The van der Waals surface area contributed by atoms with Gasteiger partial charge in [-0.2, -0.15) is 0 Å². The average molecular weight is 196 g/mol. The lowest BCUT2D eigenvalue weighted by molar-refractivity contribution is -0.151. The second-order valence-corrected chi connectivity index (χ2v) is 3.49. The Kier molecular flexibility index (Phi) is 3.86. The molecule has 1 aliphatic rings. The molecular weight excluding hydrogens is 180 g/mol. The van der Waals surface area contributed by atoms with Gasteiger partial charge in [0.05, 0.1) is 0 Å². The highest BCUT2D eigenvalue weighted by Gasteiger charge is 2.31. The SMILES string of the molecule is CCCCC1=C(CCC)C(=O)OC1=O. The molecule has 0 N–H and O–H groups in total. The maximum absolute atomic E-state index is 11.3. The fraction of sp³-hybridized carbons (Fsp3) is 0.636. The molecule has 0 aromatic carbocycles. The Hall–Kier alpha value is -1.12. The first-order valence-electron chi connectivity index (χ1n) is 5.19. The van der Waals surface area contributed by atoms with Crippen molar-refractivity contribution in [1.29, 1.82) is 0 Å². The van der Waals surface area contributed by atoms with Gasteiger partial charge in [0.2, 0.25) is 0 Å². The lowest BCUT2D eigenvalue weighted by atomic mass is 10.0. The zero-order chi connectivity index (χ0) is 10.6. The summed E-state index contributed by atoms with van der Waals surface area (Å²) in [5.74, 6) is -0.852. The van der Waals surface area contributed by atoms with Crippen molar-refractivity contribution in [2.24, 2.45) is 0 Å². The normalized spacial score (nSPS) is 16.4. The number of unbranched alkanes of at least 4 members (excludes halogenated alkanes) is 1. The Morgan fingerprint density at radius 3 is 2.00 bits per heavy atom. The van der Waals surface area contributed by atoms with Gasteiger partial charge in [-0.15, -0.1) is 0 Å². The molecule has 3 nitrogen and oxygen atoms in total. The van der Waals surface area contributed by atoms with Crippen molar-refractivity contribution in [3.05, 3.63) is 11.1 Å². The monoisotopic (exact) mass is 196 g/mol. The number of ether oxygens (including phenoxy) is 1. The zero-order valence-electron chi connectivity index (χ0n) is 8.76. The van der Waals surface area contributed by atoms with Gasteiger partial charge >= 0.3 is 11.9 Å². The minimum absolute atomic E-state index is 0.424. The van der Waals surface area contributed by atoms with Crippen molar-refractivity contribution < 1.29 is 14.3 Å². The van der Waals surface area contributed by atoms with E-state index < -0.39 is 11.9 Å². The summed E-state index contributed by atoms with van der Waals surface area (Å²) < 4.78 is 4.58. The molecular formula is C11H16O3. The van der Waals surface area contributed by atoms with Gasteiger partial charge in [-0.3, -0.25) is 0 Å². The molecule has 0 unspecified atom stereocenters. The molecule has 1 aliphatic heterocycles. The van der Waals surface area contributed by atoms with Gasteiger partial charge < -0.3 is 4.74 Å². The van der Waals surface area contributed by atoms with Gasteiger partial charge in [-0.1, -0.05) is 26.7 Å². The van der Waals surface area contributed by atoms with Crippen LogP contribution in [-0.2, 0) is 14.3 Å². The summed E-state index contributed by atoms with van der Waals surface area (Å²) in [4.78, 5) is 22.5. The first kappa shape index (κ1) is 11.0. The summed E-state index contributed by atoms with van der Waals surface area (Å²) in [6.07, 6.45) is 4.16. The van der Waals surface area contributed by atoms with Crippen molar-refractivity contribution in [1.82, 2.24) is 0 Å². The molecule has 1 heterocycles. The molecule has 0 radical (unpaired) electrons. The number of hydrogen-bond donors (Lipinski definition) is 0. The Morgan fingerprint density at radius 2 is 1.50 bits per heavy atom. The van der Waals surface area contributed by atoms with Crippen molar-refractivity contribution in [3.8, 4) is 0 Å². The molecule has 78 valence electrons. The number of carbonyl (C=O) groups excluding carboxylic acids is 2. The molecule has 0 fully saturated rings. The highest BCUT2D eigenvalue weighted by atomic mass is 16.6. The topological polar surface area (TPSA) is 43.4 Å². The molecule has 0 saturated carbocycles. The van der Waals surface area contributed by atoms with Crippen molar-refractivity contribution in [2.75, 3.05) is 0 Å². The molecule has 1 rings (SSSR count). The zero-order valence-corrected chi connectivity index (χ0v) is 8.76. The maximum atomic E-state index is 11.3. The second-order valence-electron chi connectivity index (χ2n) is 3.49. The summed E-state index contributed by atoms with van der Waals surface area (Å²) in [6, 6.07) is 0. The molecule has 0 saturated heterocycles. The van der Waals surface area contributed by atoms with Crippen LogP contribution in [0.1, 0.15) is 46.0 Å².